The second-order valence-corrected chi connectivity index (χ2v) is 6.44. The normalized spacial score (nSPS) is 26.1. The predicted molar refractivity (Wildman–Crippen MR) is 80.1 cm³/mol. The quantitative estimate of drug-likeness (QED) is 0.587. The molecule has 20 heavy (non-hydrogen) atoms. The summed E-state index contributed by atoms with van der Waals surface area (Å²) in [6.07, 6.45) is 7.18. The number of carbonyl (C=O) groups is 1. The van der Waals surface area contributed by atoms with Gasteiger partial charge in [0.05, 0.1) is 13.0 Å². The van der Waals surface area contributed by atoms with Crippen molar-refractivity contribution in [2.24, 2.45) is 17.8 Å². The molecule has 0 aromatic rings. The molecule has 2 aliphatic carbocycles. The third-order valence-corrected chi connectivity index (χ3v) is 4.15. The maximum absolute atomic E-state index is 11.6. The Balaban J connectivity index is 0.000000347. The Hall–Kier alpha value is -0.610. The standard InChI is InChI=1S/C13H22O2.C3H9NO/c1-9(2)11-5-3-4-6-12(11)15-13(14)10-7-8-10;1-4(2)5-3/h9-12H,3-8H2,1-2H3;1-3H3/t11?,12-;/m1./s1. The highest BCUT2D eigenvalue weighted by Gasteiger charge is 2.36. The molecule has 1 unspecified atom stereocenters. The van der Waals surface area contributed by atoms with Crippen molar-refractivity contribution < 1.29 is 14.4 Å². The summed E-state index contributed by atoms with van der Waals surface area (Å²) in [5, 5.41) is 1.62. The van der Waals surface area contributed by atoms with Gasteiger partial charge in [-0.15, -0.1) is 0 Å². The summed E-state index contributed by atoms with van der Waals surface area (Å²) < 4.78 is 5.65. The van der Waals surface area contributed by atoms with Gasteiger partial charge >= 0.3 is 5.97 Å². The van der Waals surface area contributed by atoms with Crippen LogP contribution in [0.25, 0.3) is 0 Å². The van der Waals surface area contributed by atoms with Crippen molar-refractivity contribution in [1.82, 2.24) is 5.06 Å². The molecule has 2 saturated carbocycles. The van der Waals surface area contributed by atoms with Gasteiger partial charge < -0.3 is 9.57 Å². The number of hydrogen-bond acceptors (Lipinski definition) is 4. The van der Waals surface area contributed by atoms with Gasteiger partial charge in [-0.2, -0.15) is 5.06 Å². The van der Waals surface area contributed by atoms with E-state index in [2.05, 4.69) is 18.7 Å². The van der Waals surface area contributed by atoms with Crippen molar-refractivity contribution in [3.63, 3.8) is 0 Å². The minimum absolute atomic E-state index is 0.0764. The lowest BCUT2D eigenvalue weighted by molar-refractivity contribution is -0.156. The van der Waals surface area contributed by atoms with E-state index in [4.69, 9.17) is 4.74 Å². The molecule has 2 fully saturated rings. The fourth-order valence-corrected chi connectivity index (χ4v) is 2.60. The molecule has 0 bridgehead atoms. The molecule has 2 aliphatic rings. The molecule has 4 heteroatoms. The number of rotatable bonds is 4. The zero-order valence-corrected chi connectivity index (χ0v) is 13.7. The SMILES string of the molecule is CC(C)C1CCCC[C@H]1OC(=O)C1CC1.CON(C)C. The Morgan fingerprint density at radius 3 is 2.10 bits per heavy atom. The molecule has 0 spiro atoms. The van der Waals surface area contributed by atoms with Gasteiger partial charge in [-0.05, 0) is 43.9 Å². The number of hydrogen-bond donors (Lipinski definition) is 0. The summed E-state index contributed by atoms with van der Waals surface area (Å²) in [4.78, 5) is 16.2. The van der Waals surface area contributed by atoms with E-state index in [-0.39, 0.29) is 18.0 Å². The molecule has 0 saturated heterocycles. The molecule has 0 heterocycles. The molecular formula is C16H31NO3. The van der Waals surface area contributed by atoms with Crippen molar-refractivity contribution in [2.45, 2.75) is 58.5 Å². The van der Waals surface area contributed by atoms with Crippen LogP contribution in [-0.2, 0) is 14.4 Å². The number of hydroxylamine groups is 2. The van der Waals surface area contributed by atoms with Crippen molar-refractivity contribution in [3.05, 3.63) is 0 Å². The number of nitrogens with zero attached hydrogens (tertiary/aromatic N) is 1. The Morgan fingerprint density at radius 1 is 1.10 bits per heavy atom. The lowest BCUT2D eigenvalue weighted by atomic mass is 9.79. The predicted octanol–water partition coefficient (Wildman–Crippen LogP) is 3.26. The van der Waals surface area contributed by atoms with Crippen LogP contribution in [0.15, 0.2) is 0 Å². The molecule has 118 valence electrons. The third kappa shape index (κ3) is 6.23. The van der Waals surface area contributed by atoms with E-state index in [0.717, 1.165) is 19.3 Å². The Labute approximate surface area is 123 Å². The van der Waals surface area contributed by atoms with Crippen molar-refractivity contribution in [1.29, 1.82) is 0 Å². The van der Waals surface area contributed by atoms with Crippen LogP contribution in [0.1, 0.15) is 52.4 Å². The van der Waals surface area contributed by atoms with Gasteiger partial charge in [0.1, 0.15) is 6.10 Å². The minimum atomic E-state index is 0.0764. The molecule has 0 N–H and O–H groups in total. The fraction of sp³-hybridized carbons (Fsp3) is 0.938. The first-order valence-electron chi connectivity index (χ1n) is 7.87. The summed E-state index contributed by atoms with van der Waals surface area (Å²) >= 11 is 0. The van der Waals surface area contributed by atoms with Crippen LogP contribution in [0.2, 0.25) is 0 Å². The third-order valence-electron chi connectivity index (χ3n) is 4.15. The van der Waals surface area contributed by atoms with Crippen molar-refractivity contribution in [3.8, 4) is 0 Å². The summed E-state index contributed by atoms with van der Waals surface area (Å²) in [5.74, 6) is 1.57. The van der Waals surface area contributed by atoms with Gasteiger partial charge in [-0.3, -0.25) is 4.79 Å². The van der Waals surface area contributed by atoms with Gasteiger partial charge in [0, 0.05) is 14.1 Å². The molecule has 0 aromatic heterocycles. The van der Waals surface area contributed by atoms with Gasteiger partial charge in [-0.1, -0.05) is 20.3 Å². The lowest BCUT2D eigenvalue weighted by Crippen LogP contribution is -2.33. The largest absolute Gasteiger partial charge is 0.462 e. The first kappa shape index (κ1) is 17.4. The van der Waals surface area contributed by atoms with Crippen molar-refractivity contribution >= 4 is 5.97 Å². The highest BCUT2D eigenvalue weighted by molar-refractivity contribution is 5.75. The number of esters is 1. The molecule has 2 atom stereocenters. The highest BCUT2D eigenvalue weighted by Crippen LogP contribution is 2.36. The van der Waals surface area contributed by atoms with Crippen LogP contribution in [0.3, 0.4) is 0 Å². The number of ether oxygens (including phenoxy) is 1. The fourth-order valence-electron chi connectivity index (χ4n) is 2.60. The molecule has 0 radical (unpaired) electrons. The van der Waals surface area contributed by atoms with E-state index in [9.17, 15) is 4.79 Å². The number of carbonyl (C=O) groups excluding carboxylic acids is 1. The van der Waals surface area contributed by atoms with Crippen LogP contribution in [0, 0.1) is 17.8 Å². The lowest BCUT2D eigenvalue weighted by Gasteiger charge is -2.33. The molecule has 0 amide bonds. The highest BCUT2D eigenvalue weighted by atomic mass is 16.7. The van der Waals surface area contributed by atoms with Crippen LogP contribution >= 0.6 is 0 Å². The molecular weight excluding hydrogens is 254 g/mol. The monoisotopic (exact) mass is 285 g/mol. The second kappa shape index (κ2) is 8.63. The Morgan fingerprint density at radius 2 is 1.65 bits per heavy atom. The maximum atomic E-state index is 11.6. The molecule has 0 aliphatic heterocycles. The van der Waals surface area contributed by atoms with E-state index < -0.39 is 0 Å². The van der Waals surface area contributed by atoms with E-state index in [1.807, 2.05) is 14.1 Å². The average Bonchev–Trinajstić information content (AvgIpc) is 3.24. The first-order chi connectivity index (χ1) is 9.45. The smallest absolute Gasteiger partial charge is 0.309 e. The van der Waals surface area contributed by atoms with Gasteiger partial charge in [-0.25, -0.2) is 0 Å². The van der Waals surface area contributed by atoms with E-state index >= 15 is 0 Å². The minimum Gasteiger partial charge on any atom is -0.462 e. The van der Waals surface area contributed by atoms with E-state index in [1.54, 1.807) is 12.2 Å². The van der Waals surface area contributed by atoms with Crippen LogP contribution in [-0.4, -0.2) is 38.3 Å². The zero-order chi connectivity index (χ0) is 15.1. The first-order valence-corrected chi connectivity index (χ1v) is 7.87. The van der Waals surface area contributed by atoms with Crippen LogP contribution in [0.5, 0.6) is 0 Å². The Bertz CT molecular complexity index is 287. The van der Waals surface area contributed by atoms with Crippen LogP contribution in [0.4, 0.5) is 0 Å². The van der Waals surface area contributed by atoms with Gasteiger partial charge in [0.2, 0.25) is 0 Å². The second-order valence-electron chi connectivity index (χ2n) is 6.44. The molecule has 4 nitrogen and oxygen atoms in total. The topological polar surface area (TPSA) is 38.8 Å². The molecule has 2 rings (SSSR count). The molecule has 0 aromatic carbocycles. The maximum Gasteiger partial charge on any atom is 0.309 e. The summed E-state index contributed by atoms with van der Waals surface area (Å²) in [6, 6.07) is 0. The summed E-state index contributed by atoms with van der Waals surface area (Å²) in [6.45, 7) is 4.49. The summed E-state index contributed by atoms with van der Waals surface area (Å²) in [5.41, 5.74) is 0. The zero-order valence-electron chi connectivity index (χ0n) is 13.7. The van der Waals surface area contributed by atoms with Crippen molar-refractivity contribution in [2.75, 3.05) is 21.2 Å². The van der Waals surface area contributed by atoms with Gasteiger partial charge in [0.25, 0.3) is 0 Å². The van der Waals surface area contributed by atoms with Crippen LogP contribution < -0.4 is 0 Å². The van der Waals surface area contributed by atoms with E-state index in [1.165, 1.54) is 19.3 Å². The summed E-state index contributed by atoms with van der Waals surface area (Å²) in [7, 11) is 5.29. The Kier molecular flexibility index (Phi) is 7.52. The van der Waals surface area contributed by atoms with Gasteiger partial charge in [0.15, 0.2) is 0 Å². The average molecular weight is 285 g/mol. The van der Waals surface area contributed by atoms with E-state index in [0.29, 0.717) is 11.8 Å².